The molecule has 0 N–H and O–H groups in total. The summed E-state index contributed by atoms with van der Waals surface area (Å²) in [5, 5.41) is 1.13. The van der Waals surface area contributed by atoms with E-state index in [0.717, 1.165) is 47.2 Å². The van der Waals surface area contributed by atoms with Gasteiger partial charge in [-0.15, -0.1) is 0 Å². The molecular weight excluding hydrogens is 590 g/mol. The van der Waals surface area contributed by atoms with Gasteiger partial charge in [-0.25, -0.2) is 4.79 Å². The van der Waals surface area contributed by atoms with Crippen LogP contribution in [0.15, 0.2) is 42.5 Å². The minimum atomic E-state index is -1.51. The van der Waals surface area contributed by atoms with Gasteiger partial charge in [0.25, 0.3) is 0 Å². The van der Waals surface area contributed by atoms with E-state index in [2.05, 4.69) is 24.5 Å². The summed E-state index contributed by atoms with van der Waals surface area (Å²) in [6.07, 6.45) is 2.69. The fraction of sp³-hybridized carbons (Fsp3) is 0.323. The van der Waals surface area contributed by atoms with Crippen LogP contribution in [0.3, 0.4) is 0 Å². The highest BCUT2D eigenvalue weighted by Crippen LogP contribution is 2.59. The van der Waals surface area contributed by atoms with Gasteiger partial charge < -0.3 is 18.9 Å². The van der Waals surface area contributed by atoms with Crippen LogP contribution in [-0.4, -0.2) is 31.7 Å². The fourth-order valence-corrected chi connectivity index (χ4v) is 6.90. The summed E-state index contributed by atoms with van der Waals surface area (Å²) in [5.41, 5.74) is 3.35. The first-order chi connectivity index (χ1) is 19.1. The molecule has 0 bridgehead atoms. The van der Waals surface area contributed by atoms with Crippen molar-refractivity contribution in [3.8, 4) is 5.75 Å². The zero-order valence-corrected chi connectivity index (χ0v) is 26.0. The molecule has 0 saturated heterocycles. The summed E-state index contributed by atoms with van der Waals surface area (Å²) in [4.78, 5) is 15.8. The third-order valence-corrected chi connectivity index (χ3v) is 9.45. The smallest absolute Gasteiger partial charge is 0.341 e. The second-order valence-corrected chi connectivity index (χ2v) is 11.6. The monoisotopic (exact) mass is 618 g/mol. The molecule has 1 aromatic heterocycles. The second-order valence-electron chi connectivity index (χ2n) is 10.1. The molecule has 3 aromatic carbocycles. The minimum absolute atomic E-state index is 0.00888. The zero-order valence-electron chi connectivity index (χ0n) is 23.0. The number of aromatic nitrogens is 1. The fourth-order valence-electron chi connectivity index (χ4n) is 5.83. The first-order valence-electron chi connectivity index (χ1n) is 13.2. The number of anilines is 1. The number of ether oxygens (including phenoxy) is 2. The Balaban J connectivity index is 2.03. The molecule has 1 unspecified atom stereocenters. The van der Waals surface area contributed by atoms with Crippen molar-refractivity contribution in [2.75, 3.05) is 26.1 Å². The van der Waals surface area contributed by atoms with Gasteiger partial charge in [0, 0.05) is 65.7 Å². The molecule has 5 nitrogen and oxygen atoms in total. The number of hydrogen-bond donors (Lipinski definition) is 0. The Bertz CT molecular complexity index is 1650. The van der Waals surface area contributed by atoms with E-state index in [1.54, 1.807) is 7.11 Å². The Labute approximate surface area is 254 Å². The van der Waals surface area contributed by atoms with Crippen LogP contribution in [0.25, 0.3) is 10.9 Å². The summed E-state index contributed by atoms with van der Waals surface area (Å²) in [6, 6.07) is 13.9. The number of cyclic esters (lactones) is 1. The molecular formula is C31H30Cl4N2O3. The molecule has 0 saturated carbocycles. The van der Waals surface area contributed by atoms with Crippen molar-refractivity contribution in [2.24, 2.45) is 0 Å². The number of unbranched alkanes of at least 4 members (excludes halogenated alkanes) is 1. The predicted molar refractivity (Wildman–Crippen MR) is 165 cm³/mol. The normalized spacial score (nSPS) is 16.4. The number of para-hydroxylation sites is 1. The van der Waals surface area contributed by atoms with Gasteiger partial charge >= 0.3 is 5.97 Å². The minimum Gasteiger partial charge on any atom is -0.496 e. The largest absolute Gasteiger partial charge is 0.496 e. The quantitative estimate of drug-likeness (QED) is 0.112. The van der Waals surface area contributed by atoms with Crippen LogP contribution in [0.2, 0.25) is 20.1 Å². The molecule has 0 aliphatic carbocycles. The lowest BCUT2D eigenvalue weighted by atomic mass is 9.77. The van der Waals surface area contributed by atoms with Crippen LogP contribution >= 0.6 is 46.4 Å². The van der Waals surface area contributed by atoms with Gasteiger partial charge in [0.2, 0.25) is 0 Å². The van der Waals surface area contributed by atoms with E-state index < -0.39 is 11.6 Å². The summed E-state index contributed by atoms with van der Waals surface area (Å²) in [5.74, 6) is -0.107. The summed E-state index contributed by atoms with van der Waals surface area (Å²) < 4.78 is 14.8. The molecule has 1 aliphatic rings. The number of carbonyl (C=O) groups excluding carboxylic acids is 1. The van der Waals surface area contributed by atoms with Crippen molar-refractivity contribution in [3.05, 3.63) is 90.5 Å². The first-order valence-corrected chi connectivity index (χ1v) is 14.7. The Morgan fingerprint density at radius 1 is 0.950 bits per heavy atom. The molecule has 210 valence electrons. The Morgan fingerprint density at radius 3 is 2.30 bits per heavy atom. The van der Waals surface area contributed by atoms with Crippen LogP contribution in [-0.2, 0) is 23.3 Å². The average molecular weight is 620 g/mol. The molecule has 1 atom stereocenters. The number of aryl methyl sites for hydroxylation is 1. The maximum atomic E-state index is 13.8. The van der Waals surface area contributed by atoms with Gasteiger partial charge in [0.15, 0.2) is 5.60 Å². The maximum Gasteiger partial charge on any atom is 0.341 e. The molecule has 0 fully saturated rings. The summed E-state index contributed by atoms with van der Waals surface area (Å²) in [7, 11) is 5.49. The van der Waals surface area contributed by atoms with E-state index in [1.807, 2.05) is 55.4 Å². The molecule has 2 heterocycles. The van der Waals surface area contributed by atoms with E-state index in [9.17, 15) is 4.79 Å². The van der Waals surface area contributed by atoms with Gasteiger partial charge in [-0.05, 0) is 31.0 Å². The molecule has 9 heteroatoms. The molecule has 0 radical (unpaired) electrons. The molecule has 0 spiro atoms. The van der Waals surface area contributed by atoms with Crippen LogP contribution in [0.1, 0.15) is 59.4 Å². The lowest BCUT2D eigenvalue weighted by Crippen LogP contribution is -2.32. The Kier molecular flexibility index (Phi) is 7.97. The number of esters is 1. The molecule has 1 aliphatic heterocycles. The molecule has 40 heavy (non-hydrogen) atoms. The van der Waals surface area contributed by atoms with E-state index in [0.29, 0.717) is 23.3 Å². The number of nitrogens with zero attached hydrogens (tertiary/aromatic N) is 2. The number of rotatable bonds is 8. The van der Waals surface area contributed by atoms with E-state index in [4.69, 9.17) is 55.9 Å². The van der Waals surface area contributed by atoms with Crippen LogP contribution in [0, 0.1) is 0 Å². The highest BCUT2D eigenvalue weighted by Gasteiger charge is 2.56. The highest BCUT2D eigenvalue weighted by molar-refractivity contribution is 6.53. The zero-order chi connectivity index (χ0) is 28.9. The average Bonchev–Trinajstić information content (AvgIpc) is 3.45. The topological polar surface area (TPSA) is 43.7 Å². The Morgan fingerprint density at radius 2 is 1.65 bits per heavy atom. The van der Waals surface area contributed by atoms with Crippen molar-refractivity contribution < 1.29 is 14.3 Å². The van der Waals surface area contributed by atoms with Crippen molar-refractivity contribution >= 4 is 69.0 Å². The number of benzene rings is 3. The highest BCUT2D eigenvalue weighted by atomic mass is 35.5. The third-order valence-electron chi connectivity index (χ3n) is 7.65. The maximum absolute atomic E-state index is 13.8. The van der Waals surface area contributed by atoms with Crippen molar-refractivity contribution in [3.63, 3.8) is 0 Å². The number of fused-ring (bicyclic) bond motifs is 2. The van der Waals surface area contributed by atoms with E-state index in [1.165, 1.54) is 0 Å². The van der Waals surface area contributed by atoms with Crippen molar-refractivity contribution in [1.82, 2.24) is 4.57 Å². The van der Waals surface area contributed by atoms with Crippen molar-refractivity contribution in [1.29, 1.82) is 0 Å². The van der Waals surface area contributed by atoms with Gasteiger partial charge in [-0.3, -0.25) is 0 Å². The number of hydrogen-bond acceptors (Lipinski definition) is 4. The number of carbonyl (C=O) groups is 1. The standard InChI is InChI=1S/C31H30Cl4N2O3/c1-6-8-15-37-20(7-2)24(18-11-9-10-12-21(18)37)31(19-14-13-17(36(3)4)16-22(19)39-5)25-23(30(38)40-31)26(32)28(34)29(35)27(25)33/h9-14,16H,6-8,15H2,1-5H3. The molecule has 0 amide bonds. The number of halogens is 4. The lowest BCUT2D eigenvalue weighted by Gasteiger charge is -2.33. The summed E-state index contributed by atoms with van der Waals surface area (Å²) in [6.45, 7) is 5.07. The van der Waals surface area contributed by atoms with Crippen LogP contribution in [0.5, 0.6) is 5.75 Å². The van der Waals surface area contributed by atoms with E-state index in [-0.39, 0.29) is 25.7 Å². The number of methoxy groups -OCH3 is 1. The van der Waals surface area contributed by atoms with Gasteiger partial charge in [0.1, 0.15) is 5.75 Å². The molecule has 4 aromatic rings. The second kappa shape index (κ2) is 11.0. The SMILES string of the molecule is CCCCn1c(CC)c(C2(c3ccc(N(C)C)cc3OC)OC(=O)c3c(Cl)c(Cl)c(Cl)c(Cl)c32)c2ccccc21. The first kappa shape index (κ1) is 28.9. The van der Waals surface area contributed by atoms with Crippen LogP contribution < -0.4 is 9.64 Å². The third kappa shape index (κ3) is 4.16. The van der Waals surface area contributed by atoms with E-state index >= 15 is 0 Å². The van der Waals surface area contributed by atoms with Crippen molar-refractivity contribution in [2.45, 2.75) is 45.3 Å². The lowest BCUT2D eigenvalue weighted by molar-refractivity contribution is 0.0247. The van der Waals surface area contributed by atoms with Gasteiger partial charge in [-0.2, -0.15) is 0 Å². The molecule has 5 rings (SSSR count). The predicted octanol–water partition coefficient (Wildman–Crippen LogP) is 9.15. The van der Waals surface area contributed by atoms with Gasteiger partial charge in [-0.1, -0.05) is 84.9 Å². The summed E-state index contributed by atoms with van der Waals surface area (Å²) >= 11 is 26.8. The Hall–Kier alpha value is -2.57. The van der Waals surface area contributed by atoms with Gasteiger partial charge in [0.05, 0.1) is 32.8 Å². The van der Waals surface area contributed by atoms with Crippen LogP contribution in [0.4, 0.5) is 5.69 Å².